The lowest BCUT2D eigenvalue weighted by molar-refractivity contribution is -0.123. The van der Waals surface area contributed by atoms with Gasteiger partial charge in [0.2, 0.25) is 0 Å². The van der Waals surface area contributed by atoms with E-state index in [2.05, 4.69) is 21.1 Å². The minimum Gasteiger partial charge on any atom is -0.483 e. The van der Waals surface area contributed by atoms with E-state index in [4.69, 9.17) is 9.47 Å². The van der Waals surface area contributed by atoms with E-state index in [0.717, 1.165) is 32.7 Å². The summed E-state index contributed by atoms with van der Waals surface area (Å²) in [4.78, 5) is 24.3. The Bertz CT molecular complexity index is 1560. The Labute approximate surface area is 230 Å². The molecule has 198 valence electrons. The molecule has 2 amide bonds. The summed E-state index contributed by atoms with van der Waals surface area (Å²) in [5.41, 5.74) is 6.48. The lowest BCUT2D eigenvalue weighted by Gasteiger charge is -2.08. The highest BCUT2D eigenvalue weighted by molar-refractivity contribution is 5.90. The number of hydrogen-bond donors (Lipinski definition) is 2. The molecule has 0 radical (unpaired) electrons. The van der Waals surface area contributed by atoms with Crippen LogP contribution in [0.4, 0.5) is 0 Å². The standard InChI is InChI=1S/C32H26N4O4/c37-31(21-39-29-13-5-9-25-7-1-3-11-27(25)29)35-33-19-23-15-17-24(18-16-23)20-34-36-32(38)22-40-30-14-6-10-26-8-2-4-12-28(26)30/h1-20H,21-22H2,(H,35,37)(H,36,38)/b33-19+,34-20+. The van der Waals surface area contributed by atoms with Crippen LogP contribution in [-0.2, 0) is 9.59 Å². The fraction of sp³-hybridized carbons (Fsp3) is 0.0625. The third-order valence-electron chi connectivity index (χ3n) is 5.96. The molecule has 8 heteroatoms. The predicted molar refractivity (Wildman–Crippen MR) is 157 cm³/mol. The molecule has 0 aliphatic carbocycles. The van der Waals surface area contributed by atoms with Gasteiger partial charge in [0.15, 0.2) is 13.2 Å². The minimum atomic E-state index is -0.367. The Morgan fingerprint density at radius 3 is 1.40 bits per heavy atom. The van der Waals surface area contributed by atoms with Gasteiger partial charge in [-0.15, -0.1) is 0 Å². The number of hydrazone groups is 2. The molecule has 2 N–H and O–H groups in total. The van der Waals surface area contributed by atoms with Gasteiger partial charge in [0.05, 0.1) is 12.4 Å². The van der Waals surface area contributed by atoms with Gasteiger partial charge in [0.25, 0.3) is 11.8 Å². The number of carbonyl (C=O) groups excluding carboxylic acids is 2. The molecule has 0 aromatic heterocycles. The SMILES string of the molecule is O=C(COc1cccc2ccccc12)N/N=C/c1ccc(/C=N/NC(=O)COc2cccc3ccccc23)cc1. The summed E-state index contributed by atoms with van der Waals surface area (Å²) in [5.74, 6) is 0.548. The van der Waals surface area contributed by atoms with E-state index in [1.165, 1.54) is 12.4 Å². The number of benzene rings is 5. The summed E-state index contributed by atoms with van der Waals surface area (Å²) < 4.78 is 11.3. The second-order valence-electron chi connectivity index (χ2n) is 8.78. The summed E-state index contributed by atoms with van der Waals surface area (Å²) >= 11 is 0. The van der Waals surface area contributed by atoms with Crippen molar-refractivity contribution in [2.24, 2.45) is 10.2 Å². The number of ether oxygens (including phenoxy) is 2. The molecule has 5 rings (SSSR count). The van der Waals surface area contributed by atoms with E-state index in [-0.39, 0.29) is 25.0 Å². The third-order valence-corrected chi connectivity index (χ3v) is 5.96. The maximum atomic E-state index is 12.1. The fourth-order valence-electron chi connectivity index (χ4n) is 4.02. The third kappa shape index (κ3) is 6.87. The highest BCUT2D eigenvalue weighted by Gasteiger charge is 2.06. The number of nitrogens with one attached hydrogen (secondary N) is 2. The van der Waals surface area contributed by atoms with Crippen LogP contribution in [0.25, 0.3) is 21.5 Å². The Morgan fingerprint density at radius 2 is 0.950 bits per heavy atom. The quantitative estimate of drug-likeness (QED) is 0.195. The van der Waals surface area contributed by atoms with E-state index in [9.17, 15) is 9.59 Å². The molecule has 0 saturated heterocycles. The molecule has 40 heavy (non-hydrogen) atoms. The molecule has 0 aliphatic rings. The van der Waals surface area contributed by atoms with Crippen LogP contribution in [-0.4, -0.2) is 37.5 Å². The van der Waals surface area contributed by atoms with E-state index in [0.29, 0.717) is 11.5 Å². The average molecular weight is 531 g/mol. The summed E-state index contributed by atoms with van der Waals surface area (Å²) in [5, 5.41) is 11.9. The Kier molecular flexibility index (Phi) is 8.38. The van der Waals surface area contributed by atoms with Crippen LogP contribution in [0.2, 0.25) is 0 Å². The summed E-state index contributed by atoms with van der Waals surface area (Å²) in [6, 6.07) is 34.3. The smallest absolute Gasteiger partial charge is 0.277 e. The number of hydrogen-bond acceptors (Lipinski definition) is 6. The highest BCUT2D eigenvalue weighted by Crippen LogP contribution is 2.26. The number of amides is 2. The van der Waals surface area contributed by atoms with Gasteiger partial charge < -0.3 is 9.47 Å². The number of carbonyl (C=O) groups is 2. The van der Waals surface area contributed by atoms with E-state index < -0.39 is 0 Å². The lowest BCUT2D eigenvalue weighted by atomic mass is 10.1. The molecular formula is C32H26N4O4. The topological polar surface area (TPSA) is 101 Å². The average Bonchev–Trinajstić information content (AvgIpc) is 2.99. The van der Waals surface area contributed by atoms with Crippen molar-refractivity contribution in [2.45, 2.75) is 0 Å². The minimum absolute atomic E-state index is 0.153. The van der Waals surface area contributed by atoms with Crippen LogP contribution in [0.5, 0.6) is 11.5 Å². The molecule has 8 nitrogen and oxygen atoms in total. The Hall–Kier alpha value is -5.50. The van der Waals surface area contributed by atoms with Crippen LogP contribution in [0.15, 0.2) is 119 Å². The van der Waals surface area contributed by atoms with E-state index >= 15 is 0 Å². The van der Waals surface area contributed by atoms with Crippen LogP contribution < -0.4 is 20.3 Å². The number of fused-ring (bicyclic) bond motifs is 2. The van der Waals surface area contributed by atoms with E-state index in [1.54, 1.807) is 0 Å². The first-order valence-corrected chi connectivity index (χ1v) is 12.6. The van der Waals surface area contributed by atoms with Crippen LogP contribution in [0.1, 0.15) is 11.1 Å². The zero-order chi connectivity index (χ0) is 27.6. The largest absolute Gasteiger partial charge is 0.483 e. The van der Waals surface area contributed by atoms with Gasteiger partial charge in [0.1, 0.15) is 11.5 Å². The summed E-state index contributed by atoms with van der Waals surface area (Å²) in [6.07, 6.45) is 3.06. The van der Waals surface area contributed by atoms with Crippen molar-refractivity contribution < 1.29 is 19.1 Å². The van der Waals surface area contributed by atoms with Crippen molar-refractivity contribution in [3.63, 3.8) is 0 Å². The van der Waals surface area contributed by atoms with Crippen LogP contribution in [0, 0.1) is 0 Å². The molecule has 0 bridgehead atoms. The molecule has 0 unspecified atom stereocenters. The highest BCUT2D eigenvalue weighted by atomic mass is 16.5. The first-order chi connectivity index (χ1) is 19.7. The van der Waals surface area contributed by atoms with Gasteiger partial charge in [-0.2, -0.15) is 10.2 Å². The molecular weight excluding hydrogens is 504 g/mol. The van der Waals surface area contributed by atoms with Crippen molar-refractivity contribution in [3.05, 3.63) is 120 Å². The molecule has 0 spiro atoms. The Morgan fingerprint density at radius 1 is 0.550 bits per heavy atom. The van der Waals surface area contributed by atoms with Gasteiger partial charge in [-0.05, 0) is 34.0 Å². The van der Waals surface area contributed by atoms with Gasteiger partial charge in [0, 0.05) is 10.8 Å². The number of rotatable bonds is 10. The summed E-state index contributed by atoms with van der Waals surface area (Å²) in [7, 11) is 0. The first kappa shape index (κ1) is 26.1. The second-order valence-corrected chi connectivity index (χ2v) is 8.78. The van der Waals surface area contributed by atoms with Gasteiger partial charge in [-0.3, -0.25) is 9.59 Å². The van der Waals surface area contributed by atoms with Gasteiger partial charge in [-0.25, -0.2) is 10.9 Å². The number of nitrogens with zero attached hydrogens (tertiary/aromatic N) is 2. The molecule has 0 aliphatic heterocycles. The van der Waals surface area contributed by atoms with Crippen molar-refractivity contribution in [1.29, 1.82) is 0 Å². The summed E-state index contributed by atoms with van der Waals surface area (Å²) in [6.45, 7) is -0.307. The van der Waals surface area contributed by atoms with E-state index in [1.807, 2.05) is 109 Å². The zero-order valence-corrected chi connectivity index (χ0v) is 21.5. The van der Waals surface area contributed by atoms with Crippen LogP contribution in [0.3, 0.4) is 0 Å². The van der Waals surface area contributed by atoms with Gasteiger partial charge in [-0.1, -0.05) is 97.1 Å². The zero-order valence-electron chi connectivity index (χ0n) is 21.5. The second kappa shape index (κ2) is 12.8. The Balaban J connectivity index is 1.05. The molecule has 0 heterocycles. The van der Waals surface area contributed by atoms with Crippen molar-refractivity contribution in [3.8, 4) is 11.5 Å². The fourth-order valence-corrected chi connectivity index (χ4v) is 4.02. The molecule has 5 aromatic rings. The monoisotopic (exact) mass is 530 g/mol. The van der Waals surface area contributed by atoms with Crippen LogP contribution >= 0.6 is 0 Å². The predicted octanol–water partition coefficient (Wildman–Crippen LogP) is 5.05. The maximum absolute atomic E-state index is 12.1. The normalized spacial score (nSPS) is 11.2. The maximum Gasteiger partial charge on any atom is 0.277 e. The molecule has 5 aromatic carbocycles. The molecule has 0 saturated carbocycles. The molecule has 0 fully saturated rings. The van der Waals surface area contributed by atoms with Crippen molar-refractivity contribution in [1.82, 2.24) is 10.9 Å². The van der Waals surface area contributed by atoms with Gasteiger partial charge >= 0.3 is 0 Å². The van der Waals surface area contributed by atoms with Crippen molar-refractivity contribution >= 4 is 45.8 Å². The lowest BCUT2D eigenvalue weighted by Crippen LogP contribution is -2.24. The first-order valence-electron chi connectivity index (χ1n) is 12.6. The van der Waals surface area contributed by atoms with Crippen molar-refractivity contribution in [2.75, 3.05) is 13.2 Å². The molecule has 0 atom stereocenters.